The molecule has 0 aliphatic heterocycles. The van der Waals surface area contributed by atoms with Crippen LogP contribution in [0.5, 0.6) is 0 Å². The molecule has 4 aromatic rings. The second-order valence-corrected chi connectivity index (χ2v) is 8.78. The molecule has 0 aliphatic rings. The maximum atomic E-state index is 12.7. The second kappa shape index (κ2) is 6.66. The van der Waals surface area contributed by atoms with E-state index in [-0.39, 0.29) is 10.9 Å². The van der Waals surface area contributed by atoms with Gasteiger partial charge in [-0.05, 0) is 24.1 Å². The van der Waals surface area contributed by atoms with Crippen molar-refractivity contribution in [2.45, 2.75) is 24.3 Å². The number of para-hydroxylation sites is 2. The van der Waals surface area contributed by atoms with E-state index in [1.165, 1.54) is 16.9 Å². The molecule has 0 radical (unpaired) electrons. The summed E-state index contributed by atoms with van der Waals surface area (Å²) in [6.45, 7) is 2.11. The fourth-order valence-corrected chi connectivity index (χ4v) is 4.84. The summed E-state index contributed by atoms with van der Waals surface area (Å²) in [6, 6.07) is 15.4. The van der Waals surface area contributed by atoms with Gasteiger partial charge in [-0.2, -0.15) is 0 Å². The number of aromatic nitrogens is 3. The lowest BCUT2D eigenvalue weighted by atomic mass is 10.1. The van der Waals surface area contributed by atoms with E-state index in [1.807, 2.05) is 30.3 Å². The van der Waals surface area contributed by atoms with Crippen molar-refractivity contribution < 1.29 is 8.42 Å². The first-order valence-electron chi connectivity index (χ1n) is 8.26. The highest BCUT2D eigenvalue weighted by Gasteiger charge is 2.21. The number of hydrogen-bond acceptors (Lipinski definition) is 5. The minimum atomic E-state index is -3.58. The number of nitrogens with one attached hydrogen (secondary N) is 1. The highest BCUT2D eigenvalue weighted by molar-refractivity contribution is 7.90. The number of imidazole rings is 1. The fraction of sp³-hybridized carbons (Fsp3) is 0.158. The fourth-order valence-electron chi connectivity index (χ4n) is 2.73. The molecular weight excluding hydrogens is 366 g/mol. The normalized spacial score (nSPS) is 11.9. The van der Waals surface area contributed by atoms with Gasteiger partial charge in [-0.15, -0.1) is 11.3 Å². The van der Waals surface area contributed by atoms with Gasteiger partial charge >= 0.3 is 0 Å². The molecule has 0 saturated heterocycles. The topological polar surface area (TPSA) is 75.7 Å². The van der Waals surface area contributed by atoms with Crippen molar-refractivity contribution in [3.05, 3.63) is 65.2 Å². The van der Waals surface area contributed by atoms with Crippen molar-refractivity contribution in [3.8, 4) is 10.6 Å². The molecule has 0 spiro atoms. The Labute approximate surface area is 155 Å². The molecule has 1 N–H and O–H groups in total. The van der Waals surface area contributed by atoms with Gasteiger partial charge in [-0.3, -0.25) is 0 Å². The zero-order valence-corrected chi connectivity index (χ0v) is 15.8. The molecule has 0 saturated carbocycles. The number of aryl methyl sites for hydroxylation is 1. The number of hydrogen-bond donors (Lipinski definition) is 1. The van der Waals surface area contributed by atoms with Gasteiger partial charge in [-0.1, -0.05) is 43.3 Å². The highest BCUT2D eigenvalue weighted by atomic mass is 32.2. The SMILES string of the molecule is CCc1ccc(-c2nc(CS(=O)(=O)c3nc4ccccc4[nH]3)cs2)cc1. The van der Waals surface area contributed by atoms with Crippen LogP contribution in [0.1, 0.15) is 18.2 Å². The van der Waals surface area contributed by atoms with Crippen LogP contribution in [0.15, 0.2) is 59.1 Å². The van der Waals surface area contributed by atoms with Gasteiger partial charge in [0.25, 0.3) is 0 Å². The van der Waals surface area contributed by atoms with E-state index < -0.39 is 9.84 Å². The van der Waals surface area contributed by atoms with Crippen LogP contribution < -0.4 is 0 Å². The molecule has 2 aromatic heterocycles. The number of sulfone groups is 1. The van der Waals surface area contributed by atoms with Crippen LogP contribution in [0, 0.1) is 0 Å². The van der Waals surface area contributed by atoms with Gasteiger partial charge in [0, 0.05) is 10.9 Å². The van der Waals surface area contributed by atoms with E-state index in [1.54, 1.807) is 11.4 Å². The molecule has 0 bridgehead atoms. The molecule has 2 heterocycles. The van der Waals surface area contributed by atoms with Crippen LogP contribution in [0.4, 0.5) is 0 Å². The number of fused-ring (bicyclic) bond motifs is 1. The first kappa shape index (κ1) is 16.9. The summed E-state index contributed by atoms with van der Waals surface area (Å²) in [4.78, 5) is 11.6. The van der Waals surface area contributed by atoms with Crippen molar-refractivity contribution in [2.75, 3.05) is 0 Å². The van der Waals surface area contributed by atoms with Gasteiger partial charge in [0.1, 0.15) is 10.8 Å². The maximum absolute atomic E-state index is 12.7. The average Bonchev–Trinajstić information content (AvgIpc) is 3.28. The van der Waals surface area contributed by atoms with Gasteiger partial charge in [0.2, 0.25) is 15.0 Å². The maximum Gasteiger partial charge on any atom is 0.226 e. The summed E-state index contributed by atoms with van der Waals surface area (Å²) in [5.41, 5.74) is 4.14. The molecule has 0 atom stereocenters. The number of rotatable bonds is 5. The van der Waals surface area contributed by atoms with Crippen molar-refractivity contribution in [3.63, 3.8) is 0 Å². The van der Waals surface area contributed by atoms with E-state index in [9.17, 15) is 8.42 Å². The molecule has 26 heavy (non-hydrogen) atoms. The Morgan fingerprint density at radius 1 is 1.04 bits per heavy atom. The molecule has 0 unspecified atom stereocenters. The molecule has 0 amide bonds. The monoisotopic (exact) mass is 383 g/mol. The van der Waals surface area contributed by atoms with Crippen molar-refractivity contribution in [2.24, 2.45) is 0 Å². The Hall–Kier alpha value is -2.51. The molecule has 132 valence electrons. The van der Waals surface area contributed by atoms with Gasteiger partial charge in [0.15, 0.2) is 0 Å². The minimum Gasteiger partial charge on any atom is -0.329 e. The molecule has 0 fully saturated rings. The predicted molar refractivity (Wildman–Crippen MR) is 104 cm³/mol. The number of aromatic amines is 1. The smallest absolute Gasteiger partial charge is 0.226 e. The molecule has 7 heteroatoms. The van der Waals surface area contributed by atoms with Crippen LogP contribution in [0.25, 0.3) is 21.6 Å². The van der Waals surface area contributed by atoms with Crippen LogP contribution in [-0.4, -0.2) is 23.4 Å². The summed E-state index contributed by atoms with van der Waals surface area (Å²) in [5, 5.41) is 2.60. The summed E-state index contributed by atoms with van der Waals surface area (Å²) in [6.07, 6.45) is 0.985. The van der Waals surface area contributed by atoms with Gasteiger partial charge in [-0.25, -0.2) is 18.4 Å². The van der Waals surface area contributed by atoms with E-state index in [0.29, 0.717) is 16.7 Å². The lowest BCUT2D eigenvalue weighted by molar-refractivity contribution is 0.588. The summed E-state index contributed by atoms with van der Waals surface area (Å²) in [7, 11) is -3.58. The summed E-state index contributed by atoms with van der Waals surface area (Å²) >= 11 is 1.45. The standard InChI is InChI=1S/C19H17N3O2S2/c1-2-13-7-9-14(10-8-13)18-20-15(11-25-18)12-26(23,24)19-21-16-5-3-4-6-17(16)22-19/h3-11H,2,12H2,1H3,(H,21,22). The quantitative estimate of drug-likeness (QED) is 0.560. The zero-order valence-electron chi connectivity index (χ0n) is 14.1. The molecule has 0 aliphatic carbocycles. The lowest BCUT2D eigenvalue weighted by Crippen LogP contribution is -2.07. The Balaban J connectivity index is 1.59. The molecular formula is C19H17N3O2S2. The summed E-state index contributed by atoms with van der Waals surface area (Å²) in [5.74, 6) is -0.170. The highest BCUT2D eigenvalue weighted by Crippen LogP contribution is 2.26. The third kappa shape index (κ3) is 3.27. The summed E-state index contributed by atoms with van der Waals surface area (Å²) < 4.78 is 25.3. The second-order valence-electron chi connectivity index (χ2n) is 6.01. The molecule has 2 aromatic carbocycles. The van der Waals surface area contributed by atoms with Crippen LogP contribution >= 0.6 is 11.3 Å². The number of benzene rings is 2. The first-order valence-corrected chi connectivity index (χ1v) is 10.8. The van der Waals surface area contributed by atoms with Crippen LogP contribution in [0.2, 0.25) is 0 Å². The third-order valence-electron chi connectivity index (χ3n) is 4.16. The first-order chi connectivity index (χ1) is 12.5. The van der Waals surface area contributed by atoms with Crippen LogP contribution in [-0.2, 0) is 22.0 Å². The number of nitrogens with zero attached hydrogens (tertiary/aromatic N) is 2. The number of H-pyrrole nitrogens is 1. The molecule has 5 nitrogen and oxygen atoms in total. The average molecular weight is 383 g/mol. The van der Waals surface area contributed by atoms with Crippen LogP contribution in [0.3, 0.4) is 0 Å². The zero-order chi connectivity index (χ0) is 18.1. The van der Waals surface area contributed by atoms with Crippen molar-refractivity contribution in [1.82, 2.24) is 15.0 Å². The Bertz CT molecular complexity index is 1130. The minimum absolute atomic E-state index is 0.0134. The van der Waals surface area contributed by atoms with Crippen molar-refractivity contribution >= 4 is 32.2 Å². The van der Waals surface area contributed by atoms with Gasteiger partial charge < -0.3 is 4.98 Å². The Morgan fingerprint density at radius 3 is 2.54 bits per heavy atom. The van der Waals surface area contributed by atoms with Crippen molar-refractivity contribution in [1.29, 1.82) is 0 Å². The van der Waals surface area contributed by atoms with E-state index in [2.05, 4.69) is 34.0 Å². The van der Waals surface area contributed by atoms with E-state index in [4.69, 9.17) is 0 Å². The molecule has 4 rings (SSSR count). The largest absolute Gasteiger partial charge is 0.329 e. The van der Waals surface area contributed by atoms with E-state index in [0.717, 1.165) is 17.0 Å². The Morgan fingerprint density at radius 2 is 1.81 bits per heavy atom. The van der Waals surface area contributed by atoms with E-state index >= 15 is 0 Å². The predicted octanol–water partition coefficient (Wildman–Crippen LogP) is 4.22. The third-order valence-corrected chi connectivity index (χ3v) is 6.56. The Kier molecular flexibility index (Phi) is 4.34. The lowest BCUT2D eigenvalue weighted by Gasteiger charge is -1.99. The number of thiazole rings is 1. The van der Waals surface area contributed by atoms with Gasteiger partial charge in [0.05, 0.1) is 16.7 Å².